The van der Waals surface area contributed by atoms with Crippen molar-refractivity contribution >= 4 is 37.6 Å². The fourth-order valence-electron chi connectivity index (χ4n) is 5.97. The molecule has 1 atom stereocenters. The molecule has 0 spiro atoms. The van der Waals surface area contributed by atoms with Gasteiger partial charge in [-0.1, -0.05) is 13.3 Å². The van der Waals surface area contributed by atoms with Crippen LogP contribution in [0.15, 0.2) is 63.3 Å². The van der Waals surface area contributed by atoms with Gasteiger partial charge in [0.25, 0.3) is 0 Å². The average Bonchev–Trinajstić information content (AvgIpc) is 3.01. The molecule has 0 aliphatic carbocycles. The summed E-state index contributed by atoms with van der Waals surface area (Å²) in [5.41, 5.74) is 1.32. The first-order valence-corrected chi connectivity index (χ1v) is 17.9. The van der Waals surface area contributed by atoms with Gasteiger partial charge in [-0.25, -0.2) is 8.42 Å². The van der Waals surface area contributed by atoms with Crippen molar-refractivity contribution in [1.82, 2.24) is 14.8 Å². The van der Waals surface area contributed by atoms with Gasteiger partial charge in [-0.2, -0.15) is 0 Å². The number of β-amino-alcohol motifs (C(OH)–C–C–N with tert-alkyl or cyclic N) is 1. The highest BCUT2D eigenvalue weighted by molar-refractivity contribution is 7.91. The highest BCUT2D eigenvalue weighted by Gasteiger charge is 2.32. The molecule has 2 fully saturated rings. The zero-order valence-electron chi connectivity index (χ0n) is 24.6. The standard InChI is InChI=1S/C31H42N4O5S2/c1-3-4-21-40-25-5-8-27(9-6-25)42(38,39)30-23-32-29-10-7-26(41(2)37)22-28(29)31(30)35-13-11-24(12-14-35)34-17-15-33(16-18-34)19-20-36/h5-10,22-24,36H,3-4,11-21H2,1-2H3. The quantitative estimate of drug-likeness (QED) is 0.256. The molecule has 0 radical (unpaired) electrons. The minimum Gasteiger partial charge on any atom is -0.612 e. The molecule has 1 unspecified atom stereocenters. The Morgan fingerprint density at radius 2 is 1.76 bits per heavy atom. The number of sulfone groups is 1. The lowest BCUT2D eigenvalue weighted by molar-refractivity contribution is 0.0747. The molecule has 3 aromatic rings. The van der Waals surface area contributed by atoms with Gasteiger partial charge in [0.15, 0.2) is 4.90 Å². The van der Waals surface area contributed by atoms with Gasteiger partial charge in [0.05, 0.1) is 29.3 Å². The summed E-state index contributed by atoms with van der Waals surface area (Å²) in [5, 5.41) is 9.97. The maximum absolute atomic E-state index is 14.1. The smallest absolute Gasteiger partial charge is 0.210 e. The van der Waals surface area contributed by atoms with Crippen molar-refractivity contribution in [2.24, 2.45) is 0 Å². The maximum Gasteiger partial charge on any atom is 0.210 e. The van der Waals surface area contributed by atoms with Crippen molar-refractivity contribution < 1.29 is 22.8 Å². The Labute approximate surface area is 252 Å². The molecule has 2 aliphatic rings. The van der Waals surface area contributed by atoms with E-state index in [0.717, 1.165) is 58.4 Å². The molecule has 2 saturated heterocycles. The second-order valence-electron chi connectivity index (χ2n) is 11.1. The molecule has 228 valence electrons. The van der Waals surface area contributed by atoms with E-state index in [-0.39, 0.29) is 16.4 Å². The predicted octanol–water partition coefficient (Wildman–Crippen LogP) is 3.56. The molecular formula is C31H42N4O5S2. The van der Waals surface area contributed by atoms with E-state index in [2.05, 4.69) is 26.6 Å². The summed E-state index contributed by atoms with van der Waals surface area (Å²) in [5.74, 6) is 0.647. The molecule has 2 aromatic carbocycles. The van der Waals surface area contributed by atoms with Crippen LogP contribution in [0.5, 0.6) is 5.75 Å². The molecule has 11 heteroatoms. The molecule has 9 nitrogen and oxygen atoms in total. The van der Waals surface area contributed by atoms with Crippen molar-refractivity contribution in [2.75, 3.05) is 70.2 Å². The zero-order valence-corrected chi connectivity index (χ0v) is 26.2. The van der Waals surface area contributed by atoms with Crippen LogP contribution in [0.1, 0.15) is 32.6 Å². The van der Waals surface area contributed by atoms with Gasteiger partial charge in [-0.15, -0.1) is 0 Å². The fraction of sp³-hybridized carbons (Fsp3) is 0.516. The summed E-state index contributed by atoms with van der Waals surface area (Å²) in [6.45, 7) is 8.90. The number of unbranched alkanes of at least 4 members (excludes halogenated alkanes) is 1. The predicted molar refractivity (Wildman–Crippen MR) is 167 cm³/mol. The second kappa shape index (κ2) is 13.9. The number of aliphatic hydroxyl groups is 1. The number of anilines is 1. The topological polar surface area (TPSA) is 109 Å². The molecule has 3 heterocycles. The van der Waals surface area contributed by atoms with Gasteiger partial charge in [0.2, 0.25) is 9.84 Å². The monoisotopic (exact) mass is 614 g/mol. The van der Waals surface area contributed by atoms with E-state index in [1.165, 1.54) is 6.20 Å². The number of hydrogen-bond acceptors (Lipinski definition) is 9. The SMILES string of the molecule is CCCCOc1ccc(S(=O)(=O)c2cnc3ccc([S+](C)[O-])cc3c2N2CCC(N3CCN(CCO)CC3)CC2)cc1. The molecule has 5 rings (SSSR count). The van der Waals surface area contributed by atoms with Crippen LogP contribution in [0.4, 0.5) is 5.69 Å². The van der Waals surface area contributed by atoms with Gasteiger partial charge >= 0.3 is 0 Å². The van der Waals surface area contributed by atoms with Gasteiger partial charge in [-0.3, -0.25) is 14.8 Å². The van der Waals surface area contributed by atoms with E-state index in [1.54, 1.807) is 36.6 Å². The van der Waals surface area contributed by atoms with Crippen LogP contribution in [0.2, 0.25) is 0 Å². The van der Waals surface area contributed by atoms with E-state index in [1.807, 2.05) is 12.1 Å². The van der Waals surface area contributed by atoms with Crippen LogP contribution < -0.4 is 9.64 Å². The number of aromatic nitrogens is 1. The highest BCUT2D eigenvalue weighted by Crippen LogP contribution is 2.38. The van der Waals surface area contributed by atoms with Gasteiger partial charge in [0, 0.05) is 69.5 Å². The Bertz CT molecular complexity index is 1440. The summed E-state index contributed by atoms with van der Waals surface area (Å²) in [7, 11) is -3.90. The number of rotatable bonds is 11. The zero-order chi connectivity index (χ0) is 29.7. The van der Waals surface area contributed by atoms with Crippen molar-refractivity contribution in [3.05, 3.63) is 48.7 Å². The number of pyridine rings is 1. The third-order valence-corrected chi connectivity index (χ3v) is 11.1. The second-order valence-corrected chi connectivity index (χ2v) is 14.4. The Hall–Kier alpha value is -2.41. The molecule has 0 saturated carbocycles. The van der Waals surface area contributed by atoms with Crippen LogP contribution in [0.25, 0.3) is 10.9 Å². The lowest BCUT2D eigenvalue weighted by Gasteiger charge is -2.43. The molecule has 1 N–H and O–H groups in total. The van der Waals surface area contributed by atoms with Gasteiger partial charge < -0.3 is 19.3 Å². The number of fused-ring (bicyclic) bond motifs is 1. The number of ether oxygens (including phenoxy) is 1. The van der Waals surface area contributed by atoms with Crippen LogP contribution >= 0.6 is 0 Å². The number of aliphatic hydroxyl groups excluding tert-OH is 1. The van der Waals surface area contributed by atoms with Crippen LogP contribution in [-0.4, -0.2) is 104 Å². The first kappa shape index (κ1) is 31.0. The lowest BCUT2D eigenvalue weighted by Crippen LogP contribution is -2.53. The number of piperidine rings is 1. The summed E-state index contributed by atoms with van der Waals surface area (Å²) >= 11 is -1.22. The lowest BCUT2D eigenvalue weighted by atomic mass is 10.0. The third-order valence-electron chi connectivity index (χ3n) is 8.42. The maximum atomic E-state index is 14.1. The van der Waals surface area contributed by atoms with E-state index >= 15 is 0 Å². The van der Waals surface area contributed by atoms with Crippen LogP contribution in [0, 0.1) is 0 Å². The number of piperazine rings is 1. The van der Waals surface area contributed by atoms with Crippen LogP contribution in [0.3, 0.4) is 0 Å². The minimum absolute atomic E-state index is 0.171. The minimum atomic E-state index is -3.90. The highest BCUT2D eigenvalue weighted by atomic mass is 32.2. The number of hydrogen-bond donors (Lipinski definition) is 1. The van der Waals surface area contributed by atoms with E-state index < -0.39 is 21.0 Å². The van der Waals surface area contributed by atoms with Crippen molar-refractivity contribution in [3.8, 4) is 5.75 Å². The number of benzene rings is 2. The van der Waals surface area contributed by atoms with Crippen molar-refractivity contribution in [1.29, 1.82) is 0 Å². The average molecular weight is 615 g/mol. The van der Waals surface area contributed by atoms with Gasteiger partial charge in [-0.05, 0) is 66.8 Å². The molecule has 1 aromatic heterocycles. The van der Waals surface area contributed by atoms with E-state index in [4.69, 9.17) is 4.74 Å². The van der Waals surface area contributed by atoms with Crippen LogP contribution in [-0.2, 0) is 21.0 Å². The molecule has 2 aliphatic heterocycles. The van der Waals surface area contributed by atoms with Crippen molar-refractivity contribution in [2.45, 2.75) is 53.3 Å². The largest absolute Gasteiger partial charge is 0.612 e. The normalized spacial score (nSPS) is 18.4. The molecule has 0 bridgehead atoms. The molecular weight excluding hydrogens is 572 g/mol. The summed E-state index contributed by atoms with van der Waals surface area (Å²) in [4.78, 5) is 12.6. The summed E-state index contributed by atoms with van der Waals surface area (Å²) in [6.07, 6.45) is 6.92. The first-order valence-electron chi connectivity index (χ1n) is 14.9. The first-order chi connectivity index (χ1) is 20.3. The Morgan fingerprint density at radius 3 is 2.40 bits per heavy atom. The Morgan fingerprint density at radius 1 is 1.05 bits per heavy atom. The summed E-state index contributed by atoms with van der Waals surface area (Å²) in [6, 6.07) is 12.5. The van der Waals surface area contributed by atoms with E-state index in [0.29, 0.717) is 53.0 Å². The Kier molecular flexibility index (Phi) is 10.3. The molecule has 42 heavy (non-hydrogen) atoms. The van der Waals surface area contributed by atoms with Crippen molar-refractivity contribution in [3.63, 3.8) is 0 Å². The summed E-state index contributed by atoms with van der Waals surface area (Å²) < 4.78 is 46.4. The van der Waals surface area contributed by atoms with Gasteiger partial charge in [0.1, 0.15) is 16.9 Å². The number of nitrogens with zero attached hydrogens (tertiary/aromatic N) is 4. The fourth-order valence-corrected chi connectivity index (χ4v) is 7.94. The van der Waals surface area contributed by atoms with E-state index in [9.17, 15) is 18.1 Å². The third kappa shape index (κ3) is 6.87. The molecule has 0 amide bonds. The Balaban J connectivity index is 1.44.